The van der Waals surface area contributed by atoms with Crippen molar-refractivity contribution in [3.05, 3.63) is 41.7 Å². The molecule has 19 heavy (non-hydrogen) atoms. The van der Waals surface area contributed by atoms with Crippen molar-refractivity contribution in [2.75, 3.05) is 18.2 Å². The lowest BCUT2D eigenvalue weighted by atomic mass is 10.2. The van der Waals surface area contributed by atoms with Crippen molar-refractivity contribution in [2.24, 2.45) is 0 Å². The predicted molar refractivity (Wildman–Crippen MR) is 71.5 cm³/mol. The number of nitrogens with one attached hydrogen (secondary N) is 1. The van der Waals surface area contributed by atoms with Crippen molar-refractivity contribution in [3.63, 3.8) is 0 Å². The predicted octanol–water partition coefficient (Wildman–Crippen LogP) is 2.13. The summed E-state index contributed by atoms with van der Waals surface area (Å²) in [5.41, 5.74) is 6.98. The van der Waals surface area contributed by atoms with E-state index < -0.39 is 5.82 Å². The highest BCUT2D eigenvalue weighted by atomic mass is 19.1. The first-order valence-corrected chi connectivity index (χ1v) is 5.75. The van der Waals surface area contributed by atoms with Crippen LogP contribution >= 0.6 is 0 Å². The standard InChI is InChI=1S/C13H15FN4O/c1-8-16-4-3-9(18-8)7-17-12-6-13(19-2)11(15)5-10(12)14/h3-6,17H,7,15H2,1-2H3. The lowest BCUT2D eigenvalue weighted by Crippen LogP contribution is -2.05. The summed E-state index contributed by atoms with van der Waals surface area (Å²) in [5.74, 6) is 0.682. The van der Waals surface area contributed by atoms with E-state index in [-0.39, 0.29) is 5.69 Å². The average molecular weight is 262 g/mol. The molecule has 0 aliphatic carbocycles. The number of hydrogen-bond acceptors (Lipinski definition) is 5. The number of rotatable bonds is 4. The van der Waals surface area contributed by atoms with E-state index in [1.807, 2.05) is 0 Å². The number of nitrogen functional groups attached to an aromatic ring is 1. The van der Waals surface area contributed by atoms with Gasteiger partial charge in [0.05, 0.1) is 30.7 Å². The third kappa shape index (κ3) is 3.09. The van der Waals surface area contributed by atoms with Gasteiger partial charge in [-0.05, 0) is 13.0 Å². The molecule has 0 unspecified atom stereocenters. The Kier molecular flexibility index (Phi) is 3.79. The van der Waals surface area contributed by atoms with Gasteiger partial charge in [-0.1, -0.05) is 0 Å². The number of methoxy groups -OCH3 is 1. The van der Waals surface area contributed by atoms with Crippen LogP contribution in [-0.4, -0.2) is 17.1 Å². The summed E-state index contributed by atoms with van der Waals surface area (Å²) in [4.78, 5) is 8.23. The Hall–Kier alpha value is -2.37. The van der Waals surface area contributed by atoms with Crippen LogP contribution in [0.4, 0.5) is 15.8 Å². The van der Waals surface area contributed by atoms with Crippen molar-refractivity contribution in [1.29, 1.82) is 0 Å². The van der Waals surface area contributed by atoms with E-state index >= 15 is 0 Å². The van der Waals surface area contributed by atoms with Gasteiger partial charge in [-0.15, -0.1) is 0 Å². The first kappa shape index (κ1) is 13.1. The maximum absolute atomic E-state index is 13.7. The van der Waals surface area contributed by atoms with Crippen molar-refractivity contribution in [3.8, 4) is 5.75 Å². The van der Waals surface area contributed by atoms with Gasteiger partial charge in [0, 0.05) is 18.3 Å². The largest absolute Gasteiger partial charge is 0.495 e. The molecule has 1 aromatic carbocycles. The van der Waals surface area contributed by atoms with Crippen LogP contribution in [0.3, 0.4) is 0 Å². The summed E-state index contributed by atoms with van der Waals surface area (Å²) >= 11 is 0. The fraction of sp³-hybridized carbons (Fsp3) is 0.231. The summed E-state index contributed by atoms with van der Waals surface area (Å²) in [6.45, 7) is 2.20. The highest BCUT2D eigenvalue weighted by Gasteiger charge is 2.08. The van der Waals surface area contributed by atoms with E-state index in [1.54, 1.807) is 19.2 Å². The molecule has 0 bridgehead atoms. The summed E-state index contributed by atoms with van der Waals surface area (Å²) in [5, 5.41) is 2.96. The molecule has 0 aliphatic heterocycles. The molecule has 5 nitrogen and oxygen atoms in total. The molecule has 100 valence electrons. The lowest BCUT2D eigenvalue weighted by Gasteiger charge is -2.11. The van der Waals surface area contributed by atoms with E-state index in [9.17, 15) is 4.39 Å². The lowest BCUT2D eigenvalue weighted by molar-refractivity contribution is 0.416. The van der Waals surface area contributed by atoms with E-state index in [1.165, 1.54) is 19.2 Å². The van der Waals surface area contributed by atoms with Crippen LogP contribution in [-0.2, 0) is 6.54 Å². The molecule has 3 N–H and O–H groups in total. The molecule has 2 rings (SSSR count). The molecule has 0 aliphatic rings. The van der Waals surface area contributed by atoms with Crippen molar-refractivity contribution in [1.82, 2.24) is 9.97 Å². The van der Waals surface area contributed by atoms with Gasteiger partial charge < -0.3 is 15.8 Å². The highest BCUT2D eigenvalue weighted by Crippen LogP contribution is 2.28. The number of nitrogens with two attached hydrogens (primary N) is 1. The Bertz CT molecular complexity index is 589. The monoisotopic (exact) mass is 262 g/mol. The molecule has 2 aromatic rings. The van der Waals surface area contributed by atoms with Gasteiger partial charge >= 0.3 is 0 Å². The third-order valence-corrected chi connectivity index (χ3v) is 2.61. The number of aryl methyl sites for hydroxylation is 1. The molecule has 0 radical (unpaired) electrons. The topological polar surface area (TPSA) is 73.1 Å². The van der Waals surface area contributed by atoms with Crippen molar-refractivity contribution < 1.29 is 9.13 Å². The maximum atomic E-state index is 13.7. The van der Waals surface area contributed by atoms with Gasteiger partial charge in [-0.25, -0.2) is 14.4 Å². The Morgan fingerprint density at radius 2 is 2.21 bits per heavy atom. The van der Waals surface area contributed by atoms with Gasteiger partial charge in [0.15, 0.2) is 0 Å². The van der Waals surface area contributed by atoms with Crippen LogP contribution in [0, 0.1) is 12.7 Å². The van der Waals surface area contributed by atoms with Crippen LogP contribution in [0.2, 0.25) is 0 Å². The number of hydrogen-bond donors (Lipinski definition) is 2. The fourth-order valence-corrected chi connectivity index (χ4v) is 1.67. The second kappa shape index (κ2) is 5.51. The molecule has 1 aromatic heterocycles. The highest BCUT2D eigenvalue weighted by molar-refractivity contribution is 5.62. The van der Waals surface area contributed by atoms with Gasteiger partial charge in [0.1, 0.15) is 17.4 Å². The van der Waals surface area contributed by atoms with Crippen LogP contribution in [0.5, 0.6) is 5.75 Å². The summed E-state index contributed by atoms with van der Waals surface area (Å²) in [6.07, 6.45) is 1.67. The number of benzene rings is 1. The average Bonchev–Trinajstić information content (AvgIpc) is 2.38. The number of anilines is 2. The molecule has 6 heteroatoms. The van der Waals surface area contributed by atoms with Crippen molar-refractivity contribution in [2.45, 2.75) is 13.5 Å². The van der Waals surface area contributed by atoms with E-state index in [0.29, 0.717) is 23.8 Å². The quantitative estimate of drug-likeness (QED) is 0.826. The van der Waals surface area contributed by atoms with Crippen LogP contribution in [0.25, 0.3) is 0 Å². The molecule has 0 fully saturated rings. The number of aromatic nitrogens is 2. The minimum Gasteiger partial charge on any atom is -0.495 e. The Labute approximate surface area is 110 Å². The third-order valence-electron chi connectivity index (χ3n) is 2.61. The zero-order valence-electron chi connectivity index (χ0n) is 10.8. The molecule has 1 heterocycles. The zero-order valence-corrected chi connectivity index (χ0v) is 10.8. The fourth-order valence-electron chi connectivity index (χ4n) is 1.67. The summed E-state index contributed by atoms with van der Waals surface area (Å²) in [6, 6.07) is 4.53. The summed E-state index contributed by atoms with van der Waals surface area (Å²) < 4.78 is 18.8. The Morgan fingerprint density at radius 1 is 1.42 bits per heavy atom. The number of ether oxygens (including phenoxy) is 1. The summed E-state index contributed by atoms with van der Waals surface area (Å²) in [7, 11) is 1.49. The van der Waals surface area contributed by atoms with E-state index in [0.717, 1.165) is 5.69 Å². The van der Waals surface area contributed by atoms with Crippen LogP contribution < -0.4 is 15.8 Å². The first-order chi connectivity index (χ1) is 9.10. The van der Waals surface area contributed by atoms with Gasteiger partial charge in [-0.2, -0.15) is 0 Å². The molecular weight excluding hydrogens is 247 g/mol. The van der Waals surface area contributed by atoms with Gasteiger partial charge in [0.2, 0.25) is 0 Å². The minimum atomic E-state index is -0.427. The van der Waals surface area contributed by atoms with Gasteiger partial charge in [0.25, 0.3) is 0 Å². The van der Waals surface area contributed by atoms with E-state index in [2.05, 4.69) is 15.3 Å². The van der Waals surface area contributed by atoms with Crippen molar-refractivity contribution >= 4 is 11.4 Å². The van der Waals surface area contributed by atoms with Crippen LogP contribution in [0.1, 0.15) is 11.5 Å². The Morgan fingerprint density at radius 3 is 2.89 bits per heavy atom. The second-order valence-corrected chi connectivity index (χ2v) is 4.02. The van der Waals surface area contributed by atoms with Gasteiger partial charge in [-0.3, -0.25) is 0 Å². The van der Waals surface area contributed by atoms with Crippen LogP contribution in [0.15, 0.2) is 24.4 Å². The smallest absolute Gasteiger partial charge is 0.148 e. The second-order valence-electron chi connectivity index (χ2n) is 4.02. The molecule has 0 atom stereocenters. The molecule has 0 spiro atoms. The number of halogens is 1. The molecule has 0 saturated heterocycles. The SMILES string of the molecule is COc1cc(NCc2ccnc(C)n2)c(F)cc1N. The Balaban J connectivity index is 2.15. The molecule has 0 saturated carbocycles. The number of nitrogens with zero attached hydrogens (tertiary/aromatic N) is 2. The molecular formula is C13H15FN4O. The first-order valence-electron chi connectivity index (χ1n) is 5.75. The normalized spacial score (nSPS) is 10.3. The van der Waals surface area contributed by atoms with E-state index in [4.69, 9.17) is 10.5 Å². The molecule has 0 amide bonds. The zero-order chi connectivity index (χ0) is 13.8. The minimum absolute atomic E-state index is 0.267. The maximum Gasteiger partial charge on any atom is 0.148 e.